The van der Waals surface area contributed by atoms with E-state index in [1.807, 2.05) is 31.2 Å². The van der Waals surface area contributed by atoms with E-state index in [1.165, 1.54) is 12.3 Å². The van der Waals surface area contributed by atoms with E-state index in [2.05, 4.69) is 15.6 Å². The van der Waals surface area contributed by atoms with E-state index in [9.17, 15) is 15.2 Å². The van der Waals surface area contributed by atoms with Crippen molar-refractivity contribution in [3.8, 4) is 6.07 Å². The SMILES string of the molecule is CC(CO)Nc1cc(=O)n(C)c2ccc(Nc3ccnc(Cl)c3C#N)cc12. The van der Waals surface area contributed by atoms with Crippen molar-refractivity contribution in [1.29, 1.82) is 5.26 Å². The number of anilines is 3. The van der Waals surface area contributed by atoms with Crippen LogP contribution in [0.5, 0.6) is 0 Å². The minimum Gasteiger partial charge on any atom is -0.394 e. The molecule has 8 heteroatoms. The number of hydrogen-bond donors (Lipinski definition) is 3. The number of nitriles is 1. The van der Waals surface area contributed by atoms with E-state index in [-0.39, 0.29) is 28.9 Å². The smallest absolute Gasteiger partial charge is 0.252 e. The first-order chi connectivity index (χ1) is 12.9. The second kappa shape index (κ2) is 7.66. The molecule has 0 spiro atoms. The number of fused-ring (bicyclic) bond motifs is 1. The Hall–Kier alpha value is -3.08. The van der Waals surface area contributed by atoms with Crippen LogP contribution in [-0.4, -0.2) is 27.3 Å². The molecule has 0 saturated carbocycles. The van der Waals surface area contributed by atoms with Gasteiger partial charge in [-0.25, -0.2) is 4.98 Å². The van der Waals surface area contributed by atoms with Gasteiger partial charge in [0.2, 0.25) is 0 Å². The van der Waals surface area contributed by atoms with Crippen LogP contribution in [0.15, 0.2) is 41.3 Å². The first-order valence-electron chi connectivity index (χ1n) is 8.27. The highest BCUT2D eigenvalue weighted by Crippen LogP contribution is 2.29. The maximum atomic E-state index is 12.2. The minimum absolute atomic E-state index is 0.0598. The van der Waals surface area contributed by atoms with Gasteiger partial charge in [-0.15, -0.1) is 0 Å². The molecule has 0 fully saturated rings. The highest BCUT2D eigenvalue weighted by atomic mass is 35.5. The molecule has 1 unspecified atom stereocenters. The van der Waals surface area contributed by atoms with Crippen LogP contribution >= 0.6 is 11.6 Å². The molecule has 7 nitrogen and oxygen atoms in total. The van der Waals surface area contributed by atoms with Gasteiger partial charge in [0.25, 0.3) is 5.56 Å². The lowest BCUT2D eigenvalue weighted by molar-refractivity contribution is 0.281. The largest absolute Gasteiger partial charge is 0.394 e. The summed E-state index contributed by atoms with van der Waals surface area (Å²) in [5.41, 5.74) is 2.75. The molecular formula is C19H18ClN5O2. The molecule has 0 aliphatic heterocycles. The maximum Gasteiger partial charge on any atom is 0.252 e. The zero-order valence-corrected chi connectivity index (χ0v) is 15.6. The number of aliphatic hydroxyl groups excluding tert-OH is 1. The monoisotopic (exact) mass is 383 g/mol. The van der Waals surface area contributed by atoms with Gasteiger partial charge in [0.05, 0.1) is 17.8 Å². The number of aliphatic hydroxyl groups is 1. The molecule has 0 amide bonds. The number of pyridine rings is 2. The predicted molar refractivity (Wildman–Crippen MR) is 107 cm³/mol. The molecule has 3 rings (SSSR count). The van der Waals surface area contributed by atoms with Gasteiger partial charge in [-0.3, -0.25) is 4.79 Å². The maximum absolute atomic E-state index is 12.2. The van der Waals surface area contributed by atoms with Crippen LogP contribution in [0, 0.1) is 11.3 Å². The lowest BCUT2D eigenvalue weighted by Gasteiger charge is -2.17. The van der Waals surface area contributed by atoms with Crippen LogP contribution < -0.4 is 16.2 Å². The summed E-state index contributed by atoms with van der Waals surface area (Å²) in [6.45, 7) is 1.76. The number of benzene rings is 1. The van der Waals surface area contributed by atoms with Gasteiger partial charge in [-0.1, -0.05) is 11.6 Å². The molecule has 3 aromatic rings. The van der Waals surface area contributed by atoms with Gasteiger partial charge in [0.15, 0.2) is 0 Å². The van der Waals surface area contributed by atoms with Crippen molar-refractivity contribution in [3.63, 3.8) is 0 Å². The zero-order chi connectivity index (χ0) is 19.6. The molecule has 2 aromatic heterocycles. The average Bonchev–Trinajstić information content (AvgIpc) is 2.66. The van der Waals surface area contributed by atoms with Crippen LogP contribution in [0.4, 0.5) is 17.1 Å². The Labute approximate surface area is 160 Å². The van der Waals surface area contributed by atoms with Crippen molar-refractivity contribution < 1.29 is 5.11 Å². The van der Waals surface area contributed by atoms with Crippen molar-refractivity contribution in [2.24, 2.45) is 7.05 Å². The van der Waals surface area contributed by atoms with Crippen LogP contribution in [0.1, 0.15) is 12.5 Å². The first kappa shape index (κ1) is 18.7. The molecule has 0 radical (unpaired) electrons. The van der Waals surface area contributed by atoms with Crippen molar-refractivity contribution in [2.45, 2.75) is 13.0 Å². The van der Waals surface area contributed by atoms with Crippen molar-refractivity contribution in [2.75, 3.05) is 17.2 Å². The summed E-state index contributed by atoms with van der Waals surface area (Å²) in [7, 11) is 1.70. The molecule has 27 heavy (non-hydrogen) atoms. The molecular weight excluding hydrogens is 366 g/mol. The Bertz CT molecular complexity index is 1100. The summed E-state index contributed by atoms with van der Waals surface area (Å²) in [5.74, 6) is 0. The number of nitrogens with one attached hydrogen (secondary N) is 2. The number of rotatable bonds is 5. The fraction of sp³-hybridized carbons (Fsp3) is 0.211. The Balaban J connectivity index is 2.10. The van der Waals surface area contributed by atoms with Gasteiger partial charge < -0.3 is 20.3 Å². The van der Waals surface area contributed by atoms with E-state index in [1.54, 1.807) is 17.7 Å². The molecule has 0 saturated heterocycles. The van der Waals surface area contributed by atoms with Gasteiger partial charge in [0.1, 0.15) is 16.8 Å². The van der Waals surface area contributed by atoms with Gasteiger partial charge in [-0.05, 0) is 31.2 Å². The van der Waals surface area contributed by atoms with E-state index in [0.717, 1.165) is 16.6 Å². The second-order valence-electron chi connectivity index (χ2n) is 6.18. The van der Waals surface area contributed by atoms with Crippen LogP contribution in [0.25, 0.3) is 10.9 Å². The average molecular weight is 384 g/mol. The quantitative estimate of drug-likeness (QED) is 0.585. The molecule has 1 aromatic carbocycles. The third kappa shape index (κ3) is 3.72. The third-order valence-corrected chi connectivity index (χ3v) is 4.50. The molecule has 0 bridgehead atoms. The number of hydrogen-bond acceptors (Lipinski definition) is 6. The first-order valence-corrected chi connectivity index (χ1v) is 8.65. The summed E-state index contributed by atoms with van der Waals surface area (Å²) in [4.78, 5) is 16.1. The summed E-state index contributed by atoms with van der Waals surface area (Å²) in [6, 6.07) is 10.5. The van der Waals surface area contributed by atoms with Crippen LogP contribution in [0.2, 0.25) is 5.15 Å². The Kier molecular flexibility index (Phi) is 5.31. The van der Waals surface area contributed by atoms with Gasteiger partial charge in [-0.2, -0.15) is 5.26 Å². The molecule has 0 aliphatic carbocycles. The lowest BCUT2D eigenvalue weighted by atomic mass is 10.1. The zero-order valence-electron chi connectivity index (χ0n) is 14.8. The molecule has 2 heterocycles. The summed E-state index contributed by atoms with van der Waals surface area (Å²) >= 11 is 5.98. The van der Waals surface area contributed by atoms with E-state index < -0.39 is 0 Å². The Morgan fingerprint density at radius 2 is 2.11 bits per heavy atom. The summed E-state index contributed by atoms with van der Waals surface area (Å²) in [6.07, 6.45) is 1.52. The number of aromatic nitrogens is 2. The summed E-state index contributed by atoms with van der Waals surface area (Å²) in [5, 5.41) is 25.9. The van der Waals surface area contributed by atoms with Gasteiger partial charge in [0, 0.05) is 42.1 Å². The Morgan fingerprint density at radius 3 is 2.81 bits per heavy atom. The second-order valence-corrected chi connectivity index (χ2v) is 6.53. The minimum atomic E-state index is -0.207. The third-order valence-electron chi connectivity index (χ3n) is 4.22. The van der Waals surface area contributed by atoms with E-state index in [0.29, 0.717) is 11.4 Å². The number of halogens is 1. The topological polar surface area (TPSA) is 103 Å². The lowest BCUT2D eigenvalue weighted by Crippen LogP contribution is -2.23. The normalized spacial score (nSPS) is 11.8. The van der Waals surface area contributed by atoms with Crippen molar-refractivity contribution in [3.05, 3.63) is 57.6 Å². The summed E-state index contributed by atoms with van der Waals surface area (Å²) < 4.78 is 1.55. The van der Waals surface area contributed by atoms with E-state index in [4.69, 9.17) is 11.6 Å². The highest BCUT2D eigenvalue weighted by molar-refractivity contribution is 6.31. The standard InChI is InChI=1S/C19H18ClN5O2/c1-11(10-26)23-16-8-18(27)25(2)17-4-3-12(7-13(16)17)24-15-5-6-22-19(20)14(15)9-21/h3-8,11,23,26H,10H2,1-2H3,(H,22,24). The Morgan fingerprint density at radius 1 is 1.33 bits per heavy atom. The van der Waals surface area contributed by atoms with Crippen LogP contribution in [-0.2, 0) is 7.05 Å². The molecule has 138 valence electrons. The van der Waals surface area contributed by atoms with Crippen molar-refractivity contribution >= 4 is 39.6 Å². The number of aryl methyl sites for hydroxylation is 1. The predicted octanol–water partition coefficient (Wildman–Crippen LogP) is 2.99. The molecule has 3 N–H and O–H groups in total. The molecule has 1 atom stereocenters. The molecule has 0 aliphatic rings. The number of nitrogens with zero attached hydrogens (tertiary/aromatic N) is 3. The van der Waals surface area contributed by atoms with E-state index >= 15 is 0 Å². The van der Waals surface area contributed by atoms with Crippen molar-refractivity contribution in [1.82, 2.24) is 9.55 Å². The fourth-order valence-corrected chi connectivity index (χ4v) is 2.97. The highest BCUT2D eigenvalue weighted by Gasteiger charge is 2.12. The fourth-order valence-electron chi connectivity index (χ4n) is 2.77. The van der Waals surface area contributed by atoms with Crippen LogP contribution in [0.3, 0.4) is 0 Å². The van der Waals surface area contributed by atoms with Gasteiger partial charge >= 0.3 is 0 Å².